The van der Waals surface area contributed by atoms with E-state index in [0.29, 0.717) is 18.8 Å². The van der Waals surface area contributed by atoms with Crippen LogP contribution < -0.4 is 0 Å². The van der Waals surface area contributed by atoms with Crippen molar-refractivity contribution in [1.29, 1.82) is 0 Å². The minimum Gasteiger partial charge on any atom is -0.374 e. The molecule has 1 atom stereocenters. The second kappa shape index (κ2) is 5.61. The molecule has 1 aromatic carbocycles. The third-order valence-corrected chi connectivity index (χ3v) is 3.41. The molecule has 0 N–H and O–H groups in total. The average molecular weight is 238 g/mol. The maximum atomic E-state index is 13.4. The van der Waals surface area contributed by atoms with Crippen molar-refractivity contribution in [3.05, 3.63) is 35.6 Å². The molecule has 17 heavy (non-hydrogen) atoms. The van der Waals surface area contributed by atoms with Crippen molar-refractivity contribution in [2.45, 2.75) is 38.4 Å². The van der Waals surface area contributed by atoms with Gasteiger partial charge in [0, 0.05) is 12.2 Å². The lowest BCUT2D eigenvalue weighted by Gasteiger charge is -2.26. The van der Waals surface area contributed by atoms with Gasteiger partial charge in [-0.2, -0.15) is 0 Å². The van der Waals surface area contributed by atoms with Crippen LogP contribution in [-0.2, 0) is 16.1 Å². The molecule has 2 nitrogen and oxygen atoms in total. The van der Waals surface area contributed by atoms with Crippen molar-refractivity contribution in [1.82, 2.24) is 0 Å². The molecule has 0 radical (unpaired) electrons. The third-order valence-electron chi connectivity index (χ3n) is 3.41. The Hall–Kier alpha value is -0.930. The van der Waals surface area contributed by atoms with E-state index in [2.05, 4.69) is 6.92 Å². The minimum atomic E-state index is -0.203. The summed E-state index contributed by atoms with van der Waals surface area (Å²) in [6.45, 7) is 3.80. The summed E-state index contributed by atoms with van der Waals surface area (Å²) in [4.78, 5) is 0. The molecule has 1 saturated heterocycles. The Kier molecular flexibility index (Phi) is 4.13. The number of ether oxygens (including phenoxy) is 2. The topological polar surface area (TPSA) is 18.5 Å². The van der Waals surface area contributed by atoms with Gasteiger partial charge in [-0.1, -0.05) is 25.1 Å². The fraction of sp³-hybridized carbons (Fsp3) is 0.571. The number of hydrogen-bond acceptors (Lipinski definition) is 2. The van der Waals surface area contributed by atoms with Gasteiger partial charge >= 0.3 is 0 Å². The van der Waals surface area contributed by atoms with Crippen molar-refractivity contribution < 1.29 is 13.9 Å². The molecule has 0 bridgehead atoms. The van der Waals surface area contributed by atoms with Crippen molar-refractivity contribution in [3.8, 4) is 0 Å². The molecule has 0 aliphatic carbocycles. The molecule has 0 spiro atoms. The van der Waals surface area contributed by atoms with Gasteiger partial charge in [0.05, 0.1) is 18.8 Å². The lowest BCUT2D eigenvalue weighted by atomic mass is 9.98. The van der Waals surface area contributed by atoms with Crippen LogP contribution in [0, 0.1) is 5.82 Å². The van der Waals surface area contributed by atoms with Crippen LogP contribution >= 0.6 is 0 Å². The summed E-state index contributed by atoms with van der Waals surface area (Å²) in [6, 6.07) is 6.72. The fourth-order valence-corrected chi connectivity index (χ4v) is 2.21. The summed E-state index contributed by atoms with van der Waals surface area (Å²) in [5, 5.41) is 0. The summed E-state index contributed by atoms with van der Waals surface area (Å²) in [5.41, 5.74) is 0.474. The molecule has 1 heterocycles. The van der Waals surface area contributed by atoms with Crippen LogP contribution in [0.2, 0.25) is 0 Å². The van der Waals surface area contributed by atoms with E-state index in [1.807, 2.05) is 6.07 Å². The Morgan fingerprint density at radius 3 is 2.88 bits per heavy atom. The Labute approximate surface area is 102 Å². The summed E-state index contributed by atoms with van der Waals surface area (Å²) < 4.78 is 24.7. The largest absolute Gasteiger partial charge is 0.374 e. The number of halogens is 1. The van der Waals surface area contributed by atoms with Crippen LogP contribution in [0.15, 0.2) is 24.3 Å². The van der Waals surface area contributed by atoms with Crippen LogP contribution in [0.1, 0.15) is 31.7 Å². The normalized spacial score (nSPS) is 24.1. The van der Waals surface area contributed by atoms with E-state index >= 15 is 0 Å². The van der Waals surface area contributed by atoms with Gasteiger partial charge < -0.3 is 9.47 Å². The molecule has 0 aromatic heterocycles. The zero-order chi connectivity index (χ0) is 12.1. The van der Waals surface area contributed by atoms with Gasteiger partial charge in [0.1, 0.15) is 5.82 Å². The first kappa shape index (κ1) is 12.5. The SMILES string of the molecule is CCC1(COCc2ccccc2F)CCCO1. The van der Waals surface area contributed by atoms with E-state index in [1.54, 1.807) is 12.1 Å². The zero-order valence-electron chi connectivity index (χ0n) is 10.2. The van der Waals surface area contributed by atoms with E-state index in [4.69, 9.17) is 9.47 Å². The van der Waals surface area contributed by atoms with Crippen molar-refractivity contribution in [2.75, 3.05) is 13.2 Å². The molecular weight excluding hydrogens is 219 g/mol. The molecule has 1 unspecified atom stereocenters. The molecule has 1 aliphatic heterocycles. The van der Waals surface area contributed by atoms with E-state index in [1.165, 1.54) is 6.07 Å². The van der Waals surface area contributed by atoms with Gasteiger partial charge in [-0.05, 0) is 25.3 Å². The predicted molar refractivity (Wildman–Crippen MR) is 64.3 cm³/mol. The Morgan fingerprint density at radius 2 is 2.24 bits per heavy atom. The zero-order valence-corrected chi connectivity index (χ0v) is 10.2. The summed E-state index contributed by atoms with van der Waals surface area (Å²) in [6.07, 6.45) is 3.09. The predicted octanol–water partition coefficient (Wildman–Crippen LogP) is 3.30. The highest BCUT2D eigenvalue weighted by molar-refractivity contribution is 5.16. The molecule has 0 amide bonds. The standard InChI is InChI=1S/C14H19FO2/c1-2-14(8-5-9-17-14)11-16-10-12-6-3-4-7-13(12)15/h3-4,6-7H,2,5,8-11H2,1H3. The highest BCUT2D eigenvalue weighted by Gasteiger charge is 2.33. The Balaban J connectivity index is 1.85. The van der Waals surface area contributed by atoms with Crippen molar-refractivity contribution >= 4 is 0 Å². The molecule has 2 rings (SSSR count). The summed E-state index contributed by atoms with van der Waals surface area (Å²) in [7, 11) is 0. The second-order valence-corrected chi connectivity index (χ2v) is 4.57. The molecule has 1 fully saturated rings. The van der Waals surface area contributed by atoms with Crippen LogP contribution in [0.5, 0.6) is 0 Å². The van der Waals surface area contributed by atoms with Crippen LogP contribution in [0.3, 0.4) is 0 Å². The highest BCUT2D eigenvalue weighted by Crippen LogP contribution is 2.29. The number of rotatable bonds is 5. The lowest BCUT2D eigenvalue weighted by molar-refractivity contribution is -0.0702. The van der Waals surface area contributed by atoms with Gasteiger partial charge in [-0.3, -0.25) is 0 Å². The Bertz CT molecular complexity index is 359. The summed E-state index contributed by atoms with van der Waals surface area (Å²) >= 11 is 0. The quantitative estimate of drug-likeness (QED) is 0.783. The van der Waals surface area contributed by atoms with E-state index < -0.39 is 0 Å². The van der Waals surface area contributed by atoms with E-state index in [-0.39, 0.29) is 11.4 Å². The molecule has 94 valence electrons. The van der Waals surface area contributed by atoms with Crippen LogP contribution in [0.4, 0.5) is 4.39 Å². The third kappa shape index (κ3) is 3.05. The fourth-order valence-electron chi connectivity index (χ4n) is 2.21. The van der Waals surface area contributed by atoms with Gasteiger partial charge in [0.25, 0.3) is 0 Å². The first-order valence-electron chi connectivity index (χ1n) is 6.21. The lowest BCUT2D eigenvalue weighted by Crippen LogP contribution is -2.32. The van der Waals surface area contributed by atoms with Gasteiger partial charge in [0.2, 0.25) is 0 Å². The molecular formula is C14H19FO2. The first-order chi connectivity index (χ1) is 8.26. The first-order valence-corrected chi connectivity index (χ1v) is 6.21. The number of hydrogen-bond donors (Lipinski definition) is 0. The molecule has 1 aliphatic rings. The molecule has 1 aromatic rings. The van der Waals surface area contributed by atoms with Crippen molar-refractivity contribution in [3.63, 3.8) is 0 Å². The van der Waals surface area contributed by atoms with Gasteiger partial charge in [-0.25, -0.2) is 4.39 Å². The minimum absolute atomic E-state index is 0.134. The smallest absolute Gasteiger partial charge is 0.128 e. The average Bonchev–Trinajstić information content (AvgIpc) is 2.81. The maximum absolute atomic E-state index is 13.4. The van der Waals surface area contributed by atoms with Crippen LogP contribution in [0.25, 0.3) is 0 Å². The maximum Gasteiger partial charge on any atom is 0.128 e. The molecule has 0 saturated carbocycles. The molecule has 3 heteroatoms. The number of benzene rings is 1. The second-order valence-electron chi connectivity index (χ2n) is 4.57. The van der Waals surface area contributed by atoms with Gasteiger partial charge in [0.15, 0.2) is 0 Å². The van der Waals surface area contributed by atoms with E-state index in [0.717, 1.165) is 25.9 Å². The van der Waals surface area contributed by atoms with Crippen LogP contribution in [-0.4, -0.2) is 18.8 Å². The van der Waals surface area contributed by atoms with Crippen molar-refractivity contribution in [2.24, 2.45) is 0 Å². The summed E-state index contributed by atoms with van der Waals surface area (Å²) in [5.74, 6) is -0.203. The highest BCUT2D eigenvalue weighted by atomic mass is 19.1. The van der Waals surface area contributed by atoms with E-state index in [9.17, 15) is 4.39 Å². The Morgan fingerprint density at radius 1 is 1.41 bits per heavy atom. The monoisotopic (exact) mass is 238 g/mol. The van der Waals surface area contributed by atoms with Gasteiger partial charge in [-0.15, -0.1) is 0 Å².